The number of carboxylic acid groups (broad SMARTS) is 1. The van der Waals surface area contributed by atoms with Gasteiger partial charge in [-0.05, 0) is 0 Å². The van der Waals surface area contributed by atoms with Gasteiger partial charge >= 0.3 is 5.97 Å². The van der Waals surface area contributed by atoms with E-state index in [1.807, 2.05) is 0 Å². The van der Waals surface area contributed by atoms with Crippen LogP contribution in [-0.4, -0.2) is 35.9 Å². The number of aliphatic hydroxyl groups excluding tert-OH is 1. The second kappa shape index (κ2) is 16.0. The van der Waals surface area contributed by atoms with Crippen molar-refractivity contribution in [3.8, 4) is 0 Å². The van der Waals surface area contributed by atoms with Crippen molar-refractivity contribution in [3.05, 3.63) is 0 Å². The summed E-state index contributed by atoms with van der Waals surface area (Å²) in [6.07, 6.45) is 0. The maximum absolute atomic E-state index is 9.12. The minimum Gasteiger partial charge on any atom is -0.480 e. The molecule has 0 aliphatic rings. The van der Waals surface area contributed by atoms with Gasteiger partial charge in [0.2, 0.25) is 0 Å². The van der Waals surface area contributed by atoms with Gasteiger partial charge in [0.1, 0.15) is 6.61 Å². The number of hydrogen-bond donors (Lipinski definition) is 4. The van der Waals surface area contributed by atoms with E-state index in [2.05, 4.69) is 0 Å². The molecule has 0 saturated carbocycles. The Morgan fingerprint density at radius 3 is 1.50 bits per heavy atom. The maximum atomic E-state index is 9.12. The molecule has 0 amide bonds. The summed E-state index contributed by atoms with van der Waals surface area (Å²) in [4.78, 5) is 9.12. The van der Waals surface area contributed by atoms with E-state index in [1.165, 1.54) is 0 Å². The third-order valence-corrected chi connectivity index (χ3v) is 0.302. The summed E-state index contributed by atoms with van der Waals surface area (Å²) < 4.78 is 0. The van der Waals surface area contributed by atoms with Crippen LogP contribution in [0, 0.1) is 0 Å². The molecule has 66 valence electrons. The Morgan fingerprint density at radius 1 is 1.30 bits per heavy atom. The van der Waals surface area contributed by atoms with Crippen molar-refractivity contribution >= 4 is 5.97 Å². The van der Waals surface area contributed by atoms with Crippen LogP contribution < -0.4 is 11.5 Å². The Labute approximate surface area is 73.7 Å². The first kappa shape index (κ1) is 16.6. The smallest absolute Gasteiger partial charge is 0.329 e. The Bertz CT molecular complexity index is 69.5. The van der Waals surface area contributed by atoms with E-state index in [9.17, 15) is 0 Å². The molecule has 0 heterocycles. The van der Waals surface area contributed by atoms with Gasteiger partial charge in [0.15, 0.2) is 0 Å². The van der Waals surface area contributed by atoms with E-state index in [1.54, 1.807) is 0 Å². The number of nitrogens with two attached hydrogens (primary N) is 2. The van der Waals surface area contributed by atoms with Gasteiger partial charge in [-0.3, -0.25) is 0 Å². The molecular weight excluding hydrogens is 319 g/mol. The van der Waals surface area contributed by atoms with E-state index in [-0.39, 0.29) is 21.1 Å². The maximum Gasteiger partial charge on any atom is 0.329 e. The molecule has 0 rings (SSSR count). The molecule has 10 heavy (non-hydrogen) atoms. The van der Waals surface area contributed by atoms with Gasteiger partial charge in [0.05, 0.1) is 0 Å². The van der Waals surface area contributed by atoms with Crippen LogP contribution in [0.25, 0.3) is 0 Å². The zero-order valence-electron chi connectivity index (χ0n) is 5.39. The third-order valence-electron chi connectivity index (χ3n) is 0.302. The summed E-state index contributed by atoms with van der Waals surface area (Å²) in [5, 5.41) is 15.0. The molecule has 5 nitrogen and oxygen atoms in total. The molecule has 0 atom stereocenters. The minimum absolute atomic E-state index is 0. The summed E-state index contributed by atoms with van der Waals surface area (Å²) in [6, 6.07) is 0. The van der Waals surface area contributed by atoms with Crippen LogP contribution in [-0.2, 0) is 25.9 Å². The zero-order valence-corrected chi connectivity index (χ0v) is 7.67. The molecule has 0 unspecified atom stereocenters. The van der Waals surface area contributed by atoms with Crippen LogP contribution in [0.4, 0.5) is 0 Å². The molecule has 0 bridgehead atoms. The third kappa shape index (κ3) is 43.1. The number of carbonyl (C=O) groups is 1. The Hall–Kier alpha value is 0.0383. The largest absolute Gasteiger partial charge is 0.480 e. The summed E-state index contributed by atoms with van der Waals surface area (Å²) in [7, 11) is 0. The van der Waals surface area contributed by atoms with Crippen molar-refractivity contribution in [1.82, 2.24) is 0 Å². The van der Waals surface area contributed by atoms with Gasteiger partial charge in [-0.1, -0.05) is 0 Å². The molecule has 0 aliphatic heterocycles. The molecule has 0 aromatic carbocycles. The fraction of sp³-hybridized carbons (Fsp3) is 0.750. The molecule has 0 aromatic rings. The number of aliphatic carboxylic acids is 1. The van der Waals surface area contributed by atoms with Crippen LogP contribution in [0.2, 0.25) is 0 Å². The molecule has 0 saturated heterocycles. The van der Waals surface area contributed by atoms with E-state index in [4.69, 9.17) is 26.5 Å². The van der Waals surface area contributed by atoms with Crippen LogP contribution in [0.5, 0.6) is 0 Å². The molecule has 0 aliphatic carbocycles. The monoisotopic (exact) mass is 331 g/mol. The van der Waals surface area contributed by atoms with Crippen molar-refractivity contribution < 1.29 is 36.1 Å². The molecule has 6 heteroatoms. The van der Waals surface area contributed by atoms with Gasteiger partial charge in [-0.25, -0.2) is 4.79 Å². The van der Waals surface area contributed by atoms with Crippen LogP contribution in [0.15, 0.2) is 0 Å². The first-order chi connectivity index (χ1) is 4.18. The quantitative estimate of drug-likeness (QED) is 0.466. The van der Waals surface area contributed by atoms with E-state index in [0.717, 1.165) is 0 Å². The zero-order chi connectivity index (χ0) is 7.70. The Kier molecular flexibility index (Phi) is 26.5. The summed E-state index contributed by atoms with van der Waals surface area (Å²) in [5.41, 5.74) is 9.81. The van der Waals surface area contributed by atoms with E-state index >= 15 is 0 Å². The SMILES string of the molecule is NCCN.O=C(O)CO.[Pt]. The Morgan fingerprint density at radius 2 is 1.50 bits per heavy atom. The normalized spacial score (nSPS) is 6.70. The summed E-state index contributed by atoms with van der Waals surface area (Å²) in [5.74, 6) is -1.19. The fourth-order valence-electron chi connectivity index (χ4n) is 0. The van der Waals surface area contributed by atoms with Crippen molar-refractivity contribution in [2.24, 2.45) is 11.5 Å². The van der Waals surface area contributed by atoms with E-state index in [0.29, 0.717) is 13.1 Å². The van der Waals surface area contributed by atoms with Gasteiger partial charge in [-0.15, -0.1) is 0 Å². The molecule has 0 aromatic heterocycles. The van der Waals surface area contributed by atoms with Crippen LogP contribution >= 0.6 is 0 Å². The average molecular weight is 331 g/mol. The Balaban J connectivity index is -0.0000000910. The van der Waals surface area contributed by atoms with Crippen LogP contribution in [0.1, 0.15) is 0 Å². The second-order valence-corrected chi connectivity index (χ2v) is 1.13. The average Bonchev–Trinajstić information content (AvgIpc) is 1.89. The van der Waals surface area contributed by atoms with Gasteiger partial charge < -0.3 is 21.7 Å². The number of hydrogen-bond acceptors (Lipinski definition) is 4. The standard InChI is InChI=1S/C2H8N2.C2H4O3.Pt/c3-1-2-4;3-1-2(4)5;/h1-4H2;3H,1H2,(H,4,5);. The minimum atomic E-state index is -1.19. The molecule has 0 fully saturated rings. The number of carboxylic acids is 1. The number of rotatable bonds is 2. The predicted octanol–water partition coefficient (Wildman–Crippen LogP) is -2.04. The summed E-state index contributed by atoms with van der Waals surface area (Å²) >= 11 is 0. The van der Waals surface area contributed by atoms with Crippen molar-refractivity contribution in [3.63, 3.8) is 0 Å². The van der Waals surface area contributed by atoms with Crippen molar-refractivity contribution in [2.75, 3.05) is 19.7 Å². The molecular formula is C4H12N2O3Pt. The topological polar surface area (TPSA) is 110 Å². The first-order valence-corrected chi connectivity index (χ1v) is 2.41. The number of aliphatic hydroxyl groups is 1. The second-order valence-electron chi connectivity index (χ2n) is 1.13. The van der Waals surface area contributed by atoms with E-state index < -0.39 is 12.6 Å². The predicted molar refractivity (Wildman–Crippen MR) is 32.8 cm³/mol. The van der Waals surface area contributed by atoms with Crippen molar-refractivity contribution in [1.29, 1.82) is 0 Å². The molecule has 0 radical (unpaired) electrons. The molecule has 0 spiro atoms. The van der Waals surface area contributed by atoms with Gasteiger partial charge in [0, 0.05) is 34.2 Å². The summed E-state index contributed by atoms with van der Waals surface area (Å²) in [6.45, 7) is 0.417. The van der Waals surface area contributed by atoms with Crippen LogP contribution in [0.3, 0.4) is 0 Å². The van der Waals surface area contributed by atoms with Crippen molar-refractivity contribution in [2.45, 2.75) is 0 Å². The molecule has 6 N–H and O–H groups in total. The van der Waals surface area contributed by atoms with Gasteiger partial charge in [-0.2, -0.15) is 0 Å². The van der Waals surface area contributed by atoms with Gasteiger partial charge in [0.25, 0.3) is 0 Å². The first-order valence-electron chi connectivity index (χ1n) is 2.41. The fourth-order valence-corrected chi connectivity index (χ4v) is 0.